The minimum absolute atomic E-state index is 0.171. The van der Waals surface area contributed by atoms with Gasteiger partial charge in [-0.05, 0) is 60.2 Å². The largest absolute Gasteiger partial charge is 0.480 e. The van der Waals surface area contributed by atoms with Crippen molar-refractivity contribution in [2.45, 2.75) is 58.2 Å². The summed E-state index contributed by atoms with van der Waals surface area (Å²) < 4.78 is 0. The second-order valence-electron chi connectivity index (χ2n) is 7.02. The Bertz CT molecular complexity index is 342. The molecule has 0 amide bonds. The fraction of sp³-hybridized carbons (Fsp3) is 0.938. The predicted molar refractivity (Wildman–Crippen MR) is 86.6 cm³/mol. The highest BCUT2D eigenvalue weighted by Crippen LogP contribution is 2.41. The minimum atomic E-state index is -0.801. The summed E-state index contributed by atoms with van der Waals surface area (Å²) in [5.74, 6) is -0.438. The maximum Gasteiger partial charge on any atom is 0.325 e. The molecule has 0 heterocycles. The first kappa shape index (κ1) is 18.4. The summed E-state index contributed by atoms with van der Waals surface area (Å²) in [6.07, 6.45) is 2.04. The molecule has 1 aliphatic rings. The quantitative estimate of drug-likeness (QED) is 0.640. The van der Waals surface area contributed by atoms with Crippen LogP contribution >= 0.6 is 0 Å². The molecule has 5 heteroatoms. The zero-order valence-electron chi connectivity index (χ0n) is 14.5. The first-order valence-corrected chi connectivity index (χ1v) is 8.12. The lowest BCUT2D eigenvalue weighted by molar-refractivity contribution is -0.147. The molecule has 0 aromatic carbocycles. The number of nitrogens with zero attached hydrogens (tertiary/aromatic N) is 2. The zero-order chi connectivity index (χ0) is 16.2. The van der Waals surface area contributed by atoms with Crippen LogP contribution in [0.1, 0.15) is 40.5 Å². The van der Waals surface area contributed by atoms with Crippen molar-refractivity contribution in [1.82, 2.24) is 15.1 Å². The van der Waals surface area contributed by atoms with Gasteiger partial charge in [0.15, 0.2) is 0 Å². The van der Waals surface area contributed by atoms with E-state index in [4.69, 9.17) is 0 Å². The van der Waals surface area contributed by atoms with Crippen LogP contribution in [0.5, 0.6) is 0 Å². The molecule has 124 valence electrons. The van der Waals surface area contributed by atoms with E-state index in [0.717, 1.165) is 25.9 Å². The van der Waals surface area contributed by atoms with Crippen LogP contribution in [0.15, 0.2) is 0 Å². The van der Waals surface area contributed by atoms with Gasteiger partial charge in [-0.3, -0.25) is 15.0 Å². The monoisotopic (exact) mass is 299 g/mol. The number of carboxylic acid groups (broad SMARTS) is 1. The van der Waals surface area contributed by atoms with E-state index < -0.39 is 11.5 Å². The van der Waals surface area contributed by atoms with Gasteiger partial charge in [0.05, 0.1) is 0 Å². The maximum absolute atomic E-state index is 12.0. The van der Waals surface area contributed by atoms with Crippen molar-refractivity contribution in [2.24, 2.45) is 5.92 Å². The van der Waals surface area contributed by atoms with E-state index >= 15 is 0 Å². The SMILES string of the molecule is CCN(CC(NC(C)C)(C(=O)O)C1CC1)C(C)CN(C)C. The average Bonchev–Trinajstić information content (AvgIpc) is 3.16. The molecule has 2 atom stereocenters. The Morgan fingerprint density at radius 2 is 1.90 bits per heavy atom. The van der Waals surface area contributed by atoms with Gasteiger partial charge in [0, 0.05) is 25.2 Å². The number of carbonyl (C=O) groups is 1. The van der Waals surface area contributed by atoms with E-state index in [9.17, 15) is 9.90 Å². The molecule has 1 saturated carbocycles. The van der Waals surface area contributed by atoms with Gasteiger partial charge in [0.2, 0.25) is 0 Å². The summed E-state index contributed by atoms with van der Waals surface area (Å²) in [7, 11) is 4.12. The van der Waals surface area contributed by atoms with Crippen LogP contribution in [-0.4, -0.2) is 72.2 Å². The van der Waals surface area contributed by atoms with Crippen molar-refractivity contribution < 1.29 is 9.90 Å². The molecule has 0 aliphatic heterocycles. The fourth-order valence-corrected chi connectivity index (χ4v) is 3.23. The van der Waals surface area contributed by atoms with Crippen LogP contribution in [0.4, 0.5) is 0 Å². The van der Waals surface area contributed by atoms with Crippen molar-refractivity contribution in [3.63, 3.8) is 0 Å². The van der Waals surface area contributed by atoms with Crippen LogP contribution in [0.3, 0.4) is 0 Å². The van der Waals surface area contributed by atoms with E-state index in [1.165, 1.54) is 0 Å². The molecule has 1 aliphatic carbocycles. The lowest BCUT2D eigenvalue weighted by Gasteiger charge is -2.40. The predicted octanol–water partition coefficient (Wildman–Crippen LogP) is 1.49. The highest BCUT2D eigenvalue weighted by molar-refractivity contribution is 5.80. The van der Waals surface area contributed by atoms with Gasteiger partial charge in [-0.15, -0.1) is 0 Å². The number of likely N-dealkylation sites (N-methyl/N-ethyl adjacent to an activating group) is 2. The third kappa shape index (κ3) is 4.94. The first-order chi connectivity index (χ1) is 9.72. The van der Waals surface area contributed by atoms with E-state index in [0.29, 0.717) is 12.6 Å². The molecule has 0 aromatic heterocycles. The normalized spacial score (nSPS) is 20.0. The number of nitrogens with one attached hydrogen (secondary N) is 1. The number of hydrogen-bond acceptors (Lipinski definition) is 4. The Hall–Kier alpha value is -0.650. The van der Waals surface area contributed by atoms with Crippen molar-refractivity contribution in [3.05, 3.63) is 0 Å². The Kier molecular flexibility index (Phi) is 6.63. The molecule has 5 nitrogen and oxygen atoms in total. The van der Waals surface area contributed by atoms with E-state index in [-0.39, 0.29) is 12.0 Å². The highest BCUT2D eigenvalue weighted by Gasteiger charge is 2.52. The van der Waals surface area contributed by atoms with E-state index in [2.05, 4.69) is 43.1 Å². The molecule has 0 bridgehead atoms. The zero-order valence-corrected chi connectivity index (χ0v) is 14.5. The molecule has 21 heavy (non-hydrogen) atoms. The molecule has 0 spiro atoms. The highest BCUT2D eigenvalue weighted by atomic mass is 16.4. The molecule has 2 unspecified atom stereocenters. The van der Waals surface area contributed by atoms with E-state index in [1.54, 1.807) is 0 Å². The van der Waals surface area contributed by atoms with Crippen LogP contribution in [0, 0.1) is 5.92 Å². The van der Waals surface area contributed by atoms with Gasteiger partial charge in [-0.2, -0.15) is 0 Å². The number of aliphatic carboxylic acids is 1. The molecule has 2 N–H and O–H groups in total. The summed E-state index contributed by atoms with van der Waals surface area (Å²) in [6.45, 7) is 10.7. The van der Waals surface area contributed by atoms with Crippen molar-refractivity contribution in [1.29, 1.82) is 0 Å². The van der Waals surface area contributed by atoms with Gasteiger partial charge in [0.1, 0.15) is 5.54 Å². The first-order valence-electron chi connectivity index (χ1n) is 8.12. The summed E-state index contributed by atoms with van der Waals surface area (Å²) in [4.78, 5) is 16.5. The molecule has 1 rings (SSSR count). The standard InChI is InChI=1S/C16H33N3O2/c1-7-19(13(4)10-18(5)6)11-16(15(20)21,14-8-9-14)17-12(2)3/h12-14,17H,7-11H2,1-6H3,(H,20,21). The summed E-state index contributed by atoms with van der Waals surface area (Å²) in [5.41, 5.74) is -0.801. The lowest BCUT2D eigenvalue weighted by atomic mass is 9.90. The number of carboxylic acids is 1. The topological polar surface area (TPSA) is 55.8 Å². The van der Waals surface area contributed by atoms with Gasteiger partial charge in [0.25, 0.3) is 0 Å². The Morgan fingerprint density at radius 3 is 2.24 bits per heavy atom. The average molecular weight is 299 g/mol. The maximum atomic E-state index is 12.0. The van der Waals surface area contributed by atoms with Crippen molar-refractivity contribution >= 4 is 5.97 Å². The Morgan fingerprint density at radius 1 is 1.33 bits per heavy atom. The van der Waals surface area contributed by atoms with E-state index in [1.807, 2.05) is 13.8 Å². The molecule has 0 aromatic rings. The van der Waals surface area contributed by atoms with Crippen LogP contribution in [0.2, 0.25) is 0 Å². The van der Waals surface area contributed by atoms with Crippen LogP contribution in [0.25, 0.3) is 0 Å². The van der Waals surface area contributed by atoms with Crippen molar-refractivity contribution in [3.8, 4) is 0 Å². The summed E-state index contributed by atoms with van der Waals surface area (Å²) >= 11 is 0. The molecular formula is C16H33N3O2. The molecular weight excluding hydrogens is 266 g/mol. The summed E-state index contributed by atoms with van der Waals surface area (Å²) in [6, 6.07) is 0.515. The second-order valence-corrected chi connectivity index (χ2v) is 7.02. The van der Waals surface area contributed by atoms with Crippen molar-refractivity contribution in [2.75, 3.05) is 33.7 Å². The second kappa shape index (κ2) is 7.56. The third-order valence-electron chi connectivity index (χ3n) is 4.31. The lowest BCUT2D eigenvalue weighted by Crippen LogP contribution is -2.63. The number of rotatable bonds is 10. The van der Waals surface area contributed by atoms with Gasteiger partial charge in [-0.25, -0.2) is 0 Å². The Balaban J connectivity index is 2.89. The molecule has 0 radical (unpaired) electrons. The smallest absolute Gasteiger partial charge is 0.325 e. The minimum Gasteiger partial charge on any atom is -0.480 e. The van der Waals surface area contributed by atoms with Gasteiger partial charge < -0.3 is 10.0 Å². The molecule has 1 fully saturated rings. The summed E-state index contributed by atoms with van der Waals surface area (Å²) in [5, 5.41) is 13.3. The van der Waals surface area contributed by atoms with Crippen LogP contribution in [-0.2, 0) is 4.79 Å². The van der Waals surface area contributed by atoms with Gasteiger partial charge in [-0.1, -0.05) is 6.92 Å². The number of hydrogen-bond donors (Lipinski definition) is 2. The van der Waals surface area contributed by atoms with Crippen LogP contribution < -0.4 is 5.32 Å². The fourth-order valence-electron chi connectivity index (χ4n) is 3.23. The third-order valence-corrected chi connectivity index (χ3v) is 4.31. The molecule has 0 saturated heterocycles. The Labute approximate surface area is 129 Å². The van der Waals surface area contributed by atoms with Gasteiger partial charge >= 0.3 is 5.97 Å².